The van der Waals surface area contributed by atoms with Gasteiger partial charge in [0.05, 0.1) is 11.2 Å². The van der Waals surface area contributed by atoms with Crippen LogP contribution in [-0.2, 0) is 23.0 Å². The fourth-order valence-electron chi connectivity index (χ4n) is 4.45. The molecule has 0 amide bonds. The number of pyridine rings is 1. The molecule has 5 nitrogen and oxygen atoms in total. The van der Waals surface area contributed by atoms with Gasteiger partial charge in [0.25, 0.3) is 0 Å². The molecule has 1 aliphatic rings. The van der Waals surface area contributed by atoms with E-state index in [1.54, 1.807) is 19.1 Å². The normalized spacial score (nSPS) is 16.5. The molecule has 8 heteroatoms. The Morgan fingerprint density at radius 1 is 1.15 bits per heavy atom. The number of Topliss-reactive ketones (excluding diaryl/α,β-unsaturated/α-hetero) is 1. The predicted molar refractivity (Wildman–Crippen MR) is 119 cm³/mol. The van der Waals surface area contributed by atoms with Crippen LogP contribution >= 0.6 is 0 Å². The maximum absolute atomic E-state index is 13.5. The van der Waals surface area contributed by atoms with Crippen LogP contribution in [0.3, 0.4) is 0 Å². The van der Waals surface area contributed by atoms with E-state index in [2.05, 4.69) is 9.97 Å². The van der Waals surface area contributed by atoms with Crippen molar-refractivity contribution in [2.45, 2.75) is 76.1 Å². The minimum Gasteiger partial charge on any atom is -0.385 e. The minimum absolute atomic E-state index is 0.0243. The monoisotopic (exact) mass is 459 g/mol. The van der Waals surface area contributed by atoms with E-state index in [0.29, 0.717) is 42.7 Å². The number of rotatable bonds is 9. The lowest BCUT2D eigenvalue weighted by molar-refractivity contribution is -0.136. The predicted octanol–water partition coefficient (Wildman–Crippen LogP) is 5.75. The summed E-state index contributed by atoms with van der Waals surface area (Å²) < 4.78 is 42.3. The van der Waals surface area contributed by atoms with Gasteiger partial charge in [-0.05, 0) is 50.7 Å². The first-order valence-electron chi connectivity index (χ1n) is 11.4. The van der Waals surface area contributed by atoms with Gasteiger partial charge in [-0.2, -0.15) is 13.2 Å². The second-order valence-corrected chi connectivity index (χ2v) is 9.07. The van der Waals surface area contributed by atoms with E-state index in [0.717, 1.165) is 25.3 Å². The van der Waals surface area contributed by atoms with E-state index in [1.807, 2.05) is 22.8 Å². The highest BCUT2D eigenvalue weighted by molar-refractivity contribution is 5.79. The number of halogens is 3. The molecule has 2 aromatic heterocycles. The minimum atomic E-state index is -4.49. The van der Waals surface area contributed by atoms with Crippen molar-refractivity contribution < 1.29 is 23.1 Å². The van der Waals surface area contributed by atoms with Gasteiger partial charge in [-0.15, -0.1) is 0 Å². The average Bonchev–Trinajstić information content (AvgIpc) is 3.07. The quantitative estimate of drug-likeness (QED) is 0.414. The molecule has 0 aliphatic heterocycles. The number of imidazole rings is 1. The van der Waals surface area contributed by atoms with Crippen LogP contribution in [0.25, 0.3) is 11.2 Å². The molecule has 0 spiro atoms. The molecule has 0 radical (unpaired) electrons. The second kappa shape index (κ2) is 9.25. The third-order valence-corrected chi connectivity index (χ3v) is 6.44. The summed E-state index contributed by atoms with van der Waals surface area (Å²) in [7, 11) is 0. The van der Waals surface area contributed by atoms with Crippen molar-refractivity contribution in [3.63, 3.8) is 0 Å². The summed E-state index contributed by atoms with van der Waals surface area (Å²) in [6.45, 7) is 1.63. The number of ketones is 1. The lowest BCUT2D eigenvalue weighted by atomic mass is 9.89. The molecule has 1 saturated carbocycles. The van der Waals surface area contributed by atoms with Gasteiger partial charge in [0, 0.05) is 31.5 Å². The third kappa shape index (κ3) is 5.11. The lowest BCUT2D eigenvalue weighted by Crippen LogP contribution is -2.25. The first-order chi connectivity index (χ1) is 15.7. The topological polar surface area (TPSA) is 68.0 Å². The number of aromatic nitrogens is 3. The number of hydrogen-bond acceptors (Lipinski definition) is 4. The zero-order valence-electron chi connectivity index (χ0n) is 18.6. The maximum Gasteiger partial charge on any atom is 0.418 e. The Kier molecular flexibility index (Phi) is 6.56. The molecule has 0 saturated heterocycles. The van der Waals surface area contributed by atoms with Crippen molar-refractivity contribution in [1.82, 2.24) is 14.5 Å². The maximum atomic E-state index is 13.5. The van der Waals surface area contributed by atoms with Crippen molar-refractivity contribution in [2.75, 3.05) is 0 Å². The van der Waals surface area contributed by atoms with Gasteiger partial charge >= 0.3 is 6.18 Å². The highest BCUT2D eigenvalue weighted by Crippen LogP contribution is 2.39. The largest absolute Gasteiger partial charge is 0.418 e. The Bertz CT molecular complexity index is 1120. The van der Waals surface area contributed by atoms with Crippen molar-refractivity contribution in [3.8, 4) is 0 Å². The van der Waals surface area contributed by atoms with Crippen LogP contribution < -0.4 is 0 Å². The number of unbranched alkanes of at least 4 members (excludes halogenated alkanes) is 1. The van der Waals surface area contributed by atoms with Crippen LogP contribution in [0, 0.1) is 0 Å². The van der Waals surface area contributed by atoms with Gasteiger partial charge in [-0.1, -0.05) is 30.3 Å². The van der Waals surface area contributed by atoms with Crippen LogP contribution in [0.1, 0.15) is 74.9 Å². The molecule has 2 heterocycles. The van der Waals surface area contributed by atoms with Crippen LogP contribution in [0.15, 0.2) is 42.6 Å². The number of aliphatic hydroxyl groups is 1. The number of fused-ring (bicyclic) bond motifs is 1. The number of hydrogen-bond donors (Lipinski definition) is 1. The standard InChI is InChI=1S/C25H28F3N3O2/c1-24(33,17-8-3-2-4-9-17)16-19(32)12-5-6-13-21-30-22-20(25(26,27)28)14-15-29-23(22)31(21)18-10-7-11-18/h2-4,8-9,14-15,18,33H,5-7,10-13,16H2,1H3/t24-/m0/s1. The van der Waals surface area contributed by atoms with Gasteiger partial charge in [0.15, 0.2) is 5.65 Å². The molecule has 1 N–H and O–H groups in total. The van der Waals surface area contributed by atoms with Crippen molar-refractivity contribution >= 4 is 16.9 Å². The van der Waals surface area contributed by atoms with E-state index < -0.39 is 17.3 Å². The number of carbonyl (C=O) groups excluding carboxylic acids is 1. The average molecular weight is 460 g/mol. The second-order valence-electron chi connectivity index (χ2n) is 9.07. The molecule has 1 aromatic carbocycles. The molecular formula is C25H28F3N3O2. The van der Waals surface area contributed by atoms with E-state index >= 15 is 0 Å². The van der Waals surface area contributed by atoms with Crippen molar-refractivity contribution in [2.24, 2.45) is 0 Å². The number of carbonyl (C=O) groups is 1. The van der Waals surface area contributed by atoms with E-state index in [9.17, 15) is 23.1 Å². The molecule has 176 valence electrons. The highest BCUT2D eigenvalue weighted by atomic mass is 19.4. The summed E-state index contributed by atoms with van der Waals surface area (Å²) in [4.78, 5) is 21.0. The summed E-state index contributed by atoms with van der Waals surface area (Å²) in [5.41, 5.74) is -1.09. The van der Waals surface area contributed by atoms with Crippen LogP contribution in [0.2, 0.25) is 0 Å². The van der Waals surface area contributed by atoms with E-state index in [1.165, 1.54) is 6.20 Å². The zero-order chi connectivity index (χ0) is 23.6. The van der Waals surface area contributed by atoms with Gasteiger partial charge < -0.3 is 9.67 Å². The van der Waals surface area contributed by atoms with Gasteiger partial charge in [-0.25, -0.2) is 9.97 Å². The lowest BCUT2D eigenvalue weighted by Gasteiger charge is -2.28. The molecule has 4 rings (SSSR count). The van der Waals surface area contributed by atoms with Gasteiger partial charge in [-0.3, -0.25) is 4.79 Å². The summed E-state index contributed by atoms with van der Waals surface area (Å²) in [6.07, 6.45) is 1.57. The SMILES string of the molecule is C[C@](O)(CC(=O)CCCCc1nc2c(C(F)(F)F)ccnc2n1C1CCC1)c1ccccc1. The number of benzene rings is 1. The number of alkyl halides is 3. The smallest absolute Gasteiger partial charge is 0.385 e. The molecular weight excluding hydrogens is 431 g/mol. The van der Waals surface area contributed by atoms with Crippen LogP contribution in [-0.4, -0.2) is 25.4 Å². The summed E-state index contributed by atoms with van der Waals surface area (Å²) in [6, 6.07) is 10.2. The highest BCUT2D eigenvalue weighted by Gasteiger charge is 2.36. The molecule has 1 fully saturated rings. The Morgan fingerprint density at radius 3 is 2.52 bits per heavy atom. The third-order valence-electron chi connectivity index (χ3n) is 6.44. The van der Waals surface area contributed by atoms with E-state index in [-0.39, 0.29) is 23.8 Å². The summed E-state index contributed by atoms with van der Waals surface area (Å²) >= 11 is 0. The Balaban J connectivity index is 1.42. The number of nitrogens with zero attached hydrogens (tertiary/aromatic N) is 3. The van der Waals surface area contributed by atoms with Crippen molar-refractivity contribution in [1.29, 1.82) is 0 Å². The van der Waals surface area contributed by atoms with Gasteiger partial charge in [0.1, 0.15) is 17.1 Å². The molecule has 0 unspecified atom stereocenters. The molecule has 1 atom stereocenters. The molecule has 1 aliphatic carbocycles. The van der Waals surface area contributed by atoms with Crippen LogP contribution in [0.5, 0.6) is 0 Å². The first-order valence-corrected chi connectivity index (χ1v) is 11.4. The molecule has 3 aromatic rings. The Morgan fingerprint density at radius 2 is 1.88 bits per heavy atom. The molecule has 0 bridgehead atoms. The summed E-state index contributed by atoms with van der Waals surface area (Å²) in [5, 5.41) is 10.7. The Labute approximate surface area is 190 Å². The fourth-order valence-corrected chi connectivity index (χ4v) is 4.45. The van der Waals surface area contributed by atoms with Gasteiger partial charge in [0.2, 0.25) is 0 Å². The zero-order valence-corrected chi connectivity index (χ0v) is 18.6. The molecule has 33 heavy (non-hydrogen) atoms. The van der Waals surface area contributed by atoms with E-state index in [4.69, 9.17) is 0 Å². The Hall–Kier alpha value is -2.74. The first kappa shape index (κ1) is 23.4. The van der Waals surface area contributed by atoms with Crippen LogP contribution in [0.4, 0.5) is 13.2 Å². The van der Waals surface area contributed by atoms with Crippen molar-refractivity contribution in [3.05, 3.63) is 59.5 Å². The fraction of sp³-hybridized carbons (Fsp3) is 0.480. The summed E-state index contributed by atoms with van der Waals surface area (Å²) in [5.74, 6) is 0.556. The number of aryl methyl sites for hydroxylation is 1.